The predicted octanol–water partition coefficient (Wildman–Crippen LogP) is 1.64. The van der Waals surface area contributed by atoms with Crippen LogP contribution < -0.4 is 5.32 Å². The van der Waals surface area contributed by atoms with Crippen molar-refractivity contribution in [1.29, 1.82) is 0 Å². The molecule has 1 unspecified atom stereocenters. The van der Waals surface area contributed by atoms with Gasteiger partial charge in [0.05, 0.1) is 23.1 Å². The van der Waals surface area contributed by atoms with E-state index in [9.17, 15) is 14.0 Å². The van der Waals surface area contributed by atoms with E-state index in [2.05, 4.69) is 10.4 Å². The van der Waals surface area contributed by atoms with E-state index >= 15 is 0 Å². The zero-order chi connectivity index (χ0) is 16.3. The Bertz CT molecular complexity index is 712. The molecule has 2 aromatic rings. The summed E-state index contributed by atoms with van der Waals surface area (Å²) in [6.45, 7) is 2.44. The maximum Gasteiger partial charge on any atom is 0.328 e. The minimum Gasteiger partial charge on any atom is -0.480 e. The van der Waals surface area contributed by atoms with E-state index in [1.54, 1.807) is 11.6 Å². The van der Waals surface area contributed by atoms with Crippen molar-refractivity contribution in [3.63, 3.8) is 0 Å². The number of para-hydroxylation sites is 1. The fourth-order valence-electron chi connectivity index (χ4n) is 2.08. The first-order chi connectivity index (χ1) is 10.5. The molecule has 1 aromatic heterocycles. The summed E-state index contributed by atoms with van der Waals surface area (Å²) in [5, 5.41) is 15.1. The van der Waals surface area contributed by atoms with E-state index in [0.29, 0.717) is 5.69 Å². The van der Waals surface area contributed by atoms with Gasteiger partial charge >= 0.3 is 5.97 Å². The van der Waals surface area contributed by atoms with Crippen molar-refractivity contribution >= 4 is 11.9 Å². The lowest BCUT2D eigenvalue weighted by atomic mass is 10.2. The van der Waals surface area contributed by atoms with Gasteiger partial charge in [0, 0.05) is 0 Å². The number of benzene rings is 1. The summed E-state index contributed by atoms with van der Waals surface area (Å²) in [6, 6.07) is 5.96. The van der Waals surface area contributed by atoms with Crippen LogP contribution in [0.4, 0.5) is 4.39 Å². The summed E-state index contributed by atoms with van der Waals surface area (Å²) >= 11 is 0. The van der Waals surface area contributed by atoms with Crippen LogP contribution in [0.5, 0.6) is 0 Å². The minimum absolute atomic E-state index is 0.211. The Balaban J connectivity index is 2.30. The number of aliphatic carboxylic acids is 1. The molecule has 1 amide bonds. The maximum atomic E-state index is 12.6. The summed E-state index contributed by atoms with van der Waals surface area (Å²) in [6.07, 6.45) is 1.34. The van der Waals surface area contributed by atoms with Gasteiger partial charge in [0.15, 0.2) is 6.04 Å². The Morgan fingerprint density at radius 2 is 2.05 bits per heavy atom. The molecule has 2 rings (SSSR count). The molecule has 0 saturated carbocycles. The Morgan fingerprint density at radius 1 is 1.36 bits per heavy atom. The predicted molar refractivity (Wildman–Crippen MR) is 77.9 cm³/mol. The second-order valence-electron chi connectivity index (χ2n) is 4.86. The molecule has 7 heteroatoms. The van der Waals surface area contributed by atoms with Gasteiger partial charge in [-0.1, -0.05) is 18.2 Å². The van der Waals surface area contributed by atoms with Gasteiger partial charge in [-0.05, 0) is 25.5 Å². The number of alkyl halides is 1. The van der Waals surface area contributed by atoms with Gasteiger partial charge in [-0.15, -0.1) is 0 Å². The monoisotopic (exact) mass is 305 g/mol. The molecule has 0 fully saturated rings. The number of aromatic nitrogens is 2. The largest absolute Gasteiger partial charge is 0.480 e. The van der Waals surface area contributed by atoms with Gasteiger partial charge in [0.25, 0.3) is 5.91 Å². The molecule has 0 saturated heterocycles. The number of carboxylic acids is 1. The lowest BCUT2D eigenvalue weighted by Crippen LogP contribution is -2.42. The number of carbonyl (C=O) groups excluding carboxylic acids is 1. The summed E-state index contributed by atoms with van der Waals surface area (Å²) in [5.74, 6) is -2.08. The number of carboxylic acid groups (broad SMARTS) is 1. The van der Waals surface area contributed by atoms with E-state index in [0.717, 1.165) is 11.3 Å². The van der Waals surface area contributed by atoms with Crippen molar-refractivity contribution < 1.29 is 19.1 Å². The molecule has 0 aliphatic carbocycles. The Labute approximate surface area is 126 Å². The van der Waals surface area contributed by atoms with E-state index in [1.165, 1.54) is 6.20 Å². The first-order valence-corrected chi connectivity index (χ1v) is 6.66. The zero-order valence-electron chi connectivity index (χ0n) is 12.2. The Kier molecular flexibility index (Phi) is 4.55. The van der Waals surface area contributed by atoms with Gasteiger partial charge in [-0.3, -0.25) is 4.79 Å². The first kappa shape index (κ1) is 15.7. The average Bonchev–Trinajstić information content (AvgIpc) is 2.86. The van der Waals surface area contributed by atoms with Crippen molar-refractivity contribution in [2.45, 2.75) is 19.9 Å². The number of hydrogen-bond donors (Lipinski definition) is 2. The standard InChI is InChI=1S/C15H16FN3O3/c1-9-5-3-4-6-13(9)19-10(2)11(8-17-19)14(20)18-12(7-16)15(21)22/h3-6,8,12H,7H2,1-2H3,(H,18,20)(H,21,22). The van der Waals surface area contributed by atoms with Crippen LogP contribution in [0.1, 0.15) is 21.6 Å². The van der Waals surface area contributed by atoms with E-state index in [-0.39, 0.29) is 5.56 Å². The topological polar surface area (TPSA) is 84.2 Å². The lowest BCUT2D eigenvalue weighted by Gasteiger charge is -2.11. The third kappa shape index (κ3) is 2.98. The highest BCUT2D eigenvalue weighted by Gasteiger charge is 2.23. The van der Waals surface area contributed by atoms with Crippen molar-refractivity contribution in [1.82, 2.24) is 15.1 Å². The molecule has 0 radical (unpaired) electrons. The zero-order valence-corrected chi connectivity index (χ0v) is 12.2. The number of rotatable bonds is 5. The fourth-order valence-corrected chi connectivity index (χ4v) is 2.08. The maximum absolute atomic E-state index is 12.6. The van der Waals surface area contributed by atoms with Gasteiger partial charge in [-0.2, -0.15) is 5.10 Å². The summed E-state index contributed by atoms with van der Waals surface area (Å²) in [7, 11) is 0. The highest BCUT2D eigenvalue weighted by Crippen LogP contribution is 2.17. The van der Waals surface area contributed by atoms with Gasteiger partial charge in [0.1, 0.15) is 6.67 Å². The molecule has 6 nitrogen and oxygen atoms in total. The summed E-state index contributed by atoms with van der Waals surface area (Å²) < 4.78 is 14.2. The van der Waals surface area contributed by atoms with Gasteiger partial charge < -0.3 is 10.4 Å². The average molecular weight is 305 g/mol. The van der Waals surface area contributed by atoms with Crippen molar-refractivity contribution in [3.8, 4) is 5.69 Å². The number of carbonyl (C=O) groups is 2. The van der Waals surface area contributed by atoms with Crippen LogP contribution >= 0.6 is 0 Å². The highest BCUT2D eigenvalue weighted by atomic mass is 19.1. The number of amides is 1. The van der Waals surface area contributed by atoms with Crippen molar-refractivity contribution in [2.24, 2.45) is 0 Å². The molecule has 0 bridgehead atoms. The van der Waals surface area contributed by atoms with Crippen molar-refractivity contribution in [3.05, 3.63) is 47.3 Å². The summed E-state index contributed by atoms with van der Waals surface area (Å²) in [4.78, 5) is 22.9. The first-order valence-electron chi connectivity index (χ1n) is 6.66. The van der Waals surface area contributed by atoms with Gasteiger partial charge in [0.2, 0.25) is 0 Å². The second kappa shape index (κ2) is 6.38. The molecule has 1 aromatic carbocycles. The van der Waals surface area contributed by atoms with Crippen molar-refractivity contribution in [2.75, 3.05) is 6.67 Å². The SMILES string of the molecule is Cc1ccccc1-n1ncc(C(=O)NC(CF)C(=O)O)c1C. The smallest absolute Gasteiger partial charge is 0.328 e. The van der Waals surface area contributed by atoms with Crippen LogP contribution in [-0.2, 0) is 4.79 Å². The lowest BCUT2D eigenvalue weighted by molar-refractivity contribution is -0.139. The molecular weight excluding hydrogens is 289 g/mol. The molecule has 22 heavy (non-hydrogen) atoms. The van der Waals surface area contributed by atoms with Crippen LogP contribution in [0.25, 0.3) is 5.69 Å². The van der Waals surface area contributed by atoms with Crippen LogP contribution in [0.15, 0.2) is 30.5 Å². The third-order valence-electron chi connectivity index (χ3n) is 3.36. The normalized spacial score (nSPS) is 12.0. The highest BCUT2D eigenvalue weighted by molar-refractivity contribution is 5.97. The van der Waals surface area contributed by atoms with Crippen LogP contribution in [0, 0.1) is 13.8 Å². The Morgan fingerprint density at radius 3 is 2.64 bits per heavy atom. The Hall–Kier alpha value is -2.70. The quantitative estimate of drug-likeness (QED) is 0.879. The molecule has 116 valence electrons. The molecule has 2 N–H and O–H groups in total. The van der Waals surface area contributed by atoms with E-state index < -0.39 is 24.6 Å². The number of nitrogens with one attached hydrogen (secondary N) is 1. The third-order valence-corrected chi connectivity index (χ3v) is 3.36. The van der Waals surface area contributed by atoms with E-state index in [4.69, 9.17) is 5.11 Å². The minimum atomic E-state index is -1.56. The number of aryl methyl sites for hydroxylation is 1. The number of hydrogen-bond acceptors (Lipinski definition) is 3. The molecule has 1 heterocycles. The van der Waals surface area contributed by atoms with Crippen LogP contribution in [0.3, 0.4) is 0 Å². The molecule has 0 aliphatic heterocycles. The molecule has 0 aliphatic rings. The second-order valence-corrected chi connectivity index (χ2v) is 4.86. The van der Waals surface area contributed by atoms with E-state index in [1.807, 2.05) is 31.2 Å². The van der Waals surface area contributed by atoms with Crippen LogP contribution in [0.2, 0.25) is 0 Å². The fraction of sp³-hybridized carbons (Fsp3) is 0.267. The summed E-state index contributed by atoms with van der Waals surface area (Å²) in [5.41, 5.74) is 2.56. The molecule has 1 atom stereocenters. The molecular formula is C15H16FN3O3. The van der Waals surface area contributed by atoms with Gasteiger partial charge in [-0.25, -0.2) is 13.9 Å². The van der Waals surface area contributed by atoms with Crippen LogP contribution in [-0.4, -0.2) is 39.5 Å². The number of halogens is 1. The molecule has 0 spiro atoms. The number of nitrogens with zero attached hydrogens (tertiary/aromatic N) is 2.